The number of piperidine rings is 1. The second-order valence-electron chi connectivity index (χ2n) is 7.73. The first-order chi connectivity index (χ1) is 15.3. The summed E-state index contributed by atoms with van der Waals surface area (Å²) in [6.45, 7) is 2.38. The van der Waals surface area contributed by atoms with Crippen LogP contribution in [0, 0.1) is 31.0 Å². The maximum atomic E-state index is 14.4. The van der Waals surface area contributed by atoms with Crippen LogP contribution in [0.5, 0.6) is 0 Å². The maximum Gasteiger partial charge on any atom is 0.252 e. The predicted octanol–water partition coefficient (Wildman–Crippen LogP) is 3.31. The van der Waals surface area contributed by atoms with Gasteiger partial charge in [0, 0.05) is 13.1 Å². The number of nitrogens with zero attached hydrogens (tertiary/aromatic N) is 3. The Morgan fingerprint density at radius 3 is 2.75 bits per heavy atom. The molecule has 9 heteroatoms. The molecule has 32 heavy (non-hydrogen) atoms. The predicted molar refractivity (Wildman–Crippen MR) is 122 cm³/mol. The number of sulfonamides is 1. The van der Waals surface area contributed by atoms with E-state index in [1.165, 1.54) is 26.3 Å². The zero-order chi connectivity index (χ0) is 22.9. The van der Waals surface area contributed by atoms with Crippen LogP contribution in [0.3, 0.4) is 0 Å². The minimum Gasteiger partial charge on any atom is -0.302 e. The smallest absolute Gasteiger partial charge is 0.252 e. The monoisotopic (exact) mass is 471 g/mol. The number of hydrogen-bond acceptors (Lipinski definition) is 4. The van der Waals surface area contributed by atoms with E-state index >= 15 is 0 Å². The summed E-state index contributed by atoms with van der Waals surface area (Å²) < 4.78 is 43.9. The van der Waals surface area contributed by atoms with Crippen molar-refractivity contribution >= 4 is 37.5 Å². The molecule has 2 heterocycles. The van der Waals surface area contributed by atoms with Gasteiger partial charge >= 0.3 is 0 Å². The lowest BCUT2D eigenvalue weighted by molar-refractivity contribution is -0.122. The van der Waals surface area contributed by atoms with Gasteiger partial charge < -0.3 is 4.57 Å². The summed E-state index contributed by atoms with van der Waals surface area (Å²) in [5, 5.41) is 0. The quantitative estimate of drug-likeness (QED) is 0.548. The van der Waals surface area contributed by atoms with Crippen molar-refractivity contribution in [3.63, 3.8) is 0 Å². The van der Waals surface area contributed by atoms with Gasteiger partial charge in [0.15, 0.2) is 4.80 Å². The molecule has 1 aromatic heterocycles. The molecule has 1 atom stereocenters. The number of carbonyl (C=O) groups is 1. The summed E-state index contributed by atoms with van der Waals surface area (Å²) in [6, 6.07) is 11.3. The van der Waals surface area contributed by atoms with Crippen LogP contribution in [0.4, 0.5) is 4.39 Å². The van der Waals surface area contributed by atoms with E-state index in [-0.39, 0.29) is 18.0 Å². The fourth-order valence-corrected chi connectivity index (χ4v) is 6.39. The van der Waals surface area contributed by atoms with Crippen molar-refractivity contribution in [2.24, 2.45) is 10.9 Å². The minimum atomic E-state index is -3.70. The van der Waals surface area contributed by atoms with Gasteiger partial charge in [-0.2, -0.15) is 9.30 Å². The van der Waals surface area contributed by atoms with Crippen LogP contribution in [0.1, 0.15) is 18.4 Å². The zero-order valence-corrected chi connectivity index (χ0v) is 19.1. The number of aromatic nitrogens is 1. The standard InChI is InChI=1S/C23H22FN3O3S2/c1-3-13-27-21-19(24)7-4-8-20(21)31-23(27)25-22(28)17-6-5-14-26(15-17)32(29,30)18-11-9-16(2)10-12-18/h1,4,7-12,17H,5-6,13-15H2,2H3. The van der Waals surface area contributed by atoms with Crippen molar-refractivity contribution in [1.29, 1.82) is 0 Å². The molecule has 4 rings (SSSR count). The molecular weight excluding hydrogens is 449 g/mol. The van der Waals surface area contributed by atoms with Gasteiger partial charge in [-0.1, -0.05) is 41.0 Å². The number of fused-ring (bicyclic) bond motifs is 1. The average Bonchev–Trinajstić information content (AvgIpc) is 3.12. The summed E-state index contributed by atoms with van der Waals surface area (Å²) in [6.07, 6.45) is 6.54. The van der Waals surface area contributed by atoms with Gasteiger partial charge in [0.1, 0.15) is 5.82 Å². The molecule has 166 valence electrons. The van der Waals surface area contributed by atoms with Crippen LogP contribution in [0.2, 0.25) is 0 Å². The molecule has 0 bridgehead atoms. The zero-order valence-electron chi connectivity index (χ0n) is 17.5. The molecule has 1 aliphatic heterocycles. The van der Waals surface area contributed by atoms with Crippen LogP contribution in [0.15, 0.2) is 52.4 Å². The molecule has 0 N–H and O–H groups in total. The van der Waals surface area contributed by atoms with E-state index in [2.05, 4.69) is 10.9 Å². The third-order valence-electron chi connectivity index (χ3n) is 5.50. The van der Waals surface area contributed by atoms with E-state index in [0.29, 0.717) is 34.4 Å². The molecule has 0 spiro atoms. The highest BCUT2D eigenvalue weighted by atomic mass is 32.2. The Hall–Kier alpha value is -2.80. The molecule has 1 aliphatic rings. The maximum absolute atomic E-state index is 14.4. The molecule has 0 radical (unpaired) electrons. The number of aryl methyl sites for hydroxylation is 1. The first-order valence-corrected chi connectivity index (χ1v) is 12.4. The van der Waals surface area contributed by atoms with Crippen molar-refractivity contribution in [2.75, 3.05) is 13.1 Å². The highest BCUT2D eigenvalue weighted by Gasteiger charge is 2.33. The molecule has 0 aliphatic carbocycles. The lowest BCUT2D eigenvalue weighted by Gasteiger charge is -2.30. The van der Waals surface area contributed by atoms with Gasteiger partial charge in [-0.3, -0.25) is 4.79 Å². The van der Waals surface area contributed by atoms with Gasteiger partial charge in [-0.05, 0) is 44.0 Å². The van der Waals surface area contributed by atoms with Crippen molar-refractivity contribution in [1.82, 2.24) is 8.87 Å². The molecule has 6 nitrogen and oxygen atoms in total. The van der Waals surface area contributed by atoms with E-state index in [1.807, 2.05) is 6.92 Å². The number of terminal acetylenes is 1. The van der Waals surface area contributed by atoms with E-state index in [0.717, 1.165) is 5.56 Å². The Labute approximate surface area is 190 Å². The van der Waals surface area contributed by atoms with Crippen molar-refractivity contribution in [3.05, 3.63) is 58.6 Å². The van der Waals surface area contributed by atoms with Crippen LogP contribution in [0.25, 0.3) is 10.2 Å². The van der Waals surface area contributed by atoms with E-state index in [4.69, 9.17) is 6.42 Å². The highest BCUT2D eigenvalue weighted by molar-refractivity contribution is 7.89. The van der Waals surface area contributed by atoms with Gasteiger partial charge in [-0.25, -0.2) is 12.8 Å². The summed E-state index contributed by atoms with van der Waals surface area (Å²) in [5.41, 5.74) is 1.28. The first-order valence-electron chi connectivity index (χ1n) is 10.2. The molecule has 2 aromatic carbocycles. The Kier molecular flexibility index (Phi) is 6.29. The molecule has 1 unspecified atom stereocenters. The van der Waals surface area contributed by atoms with E-state index in [1.54, 1.807) is 36.4 Å². The van der Waals surface area contributed by atoms with Gasteiger partial charge in [0.05, 0.1) is 27.6 Å². The third-order valence-corrected chi connectivity index (χ3v) is 8.42. The normalized spacial score (nSPS) is 18.0. The Morgan fingerprint density at radius 2 is 2.03 bits per heavy atom. The molecule has 1 fully saturated rings. The van der Waals surface area contributed by atoms with Gasteiger partial charge in [0.25, 0.3) is 5.91 Å². The van der Waals surface area contributed by atoms with E-state index in [9.17, 15) is 17.6 Å². The number of thiazole rings is 1. The molecule has 1 saturated heterocycles. The van der Waals surface area contributed by atoms with Gasteiger partial charge in [0.2, 0.25) is 10.0 Å². The summed E-state index contributed by atoms with van der Waals surface area (Å²) in [4.78, 5) is 17.8. The number of carbonyl (C=O) groups excluding carboxylic acids is 1. The molecule has 3 aromatic rings. The summed E-state index contributed by atoms with van der Waals surface area (Å²) in [7, 11) is -3.70. The number of halogens is 1. The number of hydrogen-bond donors (Lipinski definition) is 0. The van der Waals surface area contributed by atoms with Crippen molar-refractivity contribution in [2.45, 2.75) is 31.2 Å². The lowest BCUT2D eigenvalue weighted by atomic mass is 9.99. The minimum absolute atomic E-state index is 0.0624. The number of amides is 1. The van der Waals surface area contributed by atoms with Gasteiger partial charge in [-0.15, -0.1) is 6.42 Å². The Bertz CT molecular complexity index is 1380. The van der Waals surface area contributed by atoms with Crippen molar-refractivity contribution < 1.29 is 17.6 Å². The fourth-order valence-electron chi connectivity index (χ4n) is 3.82. The first kappa shape index (κ1) is 22.4. The second kappa shape index (κ2) is 8.98. The van der Waals surface area contributed by atoms with Crippen LogP contribution >= 0.6 is 11.3 Å². The topological polar surface area (TPSA) is 71.7 Å². The molecule has 0 saturated carbocycles. The SMILES string of the molecule is C#CCn1c(=NC(=O)C2CCCN(S(=O)(=O)c3ccc(C)cc3)C2)sc2cccc(F)c21. The van der Waals surface area contributed by atoms with Crippen LogP contribution < -0.4 is 4.80 Å². The Morgan fingerprint density at radius 1 is 1.28 bits per heavy atom. The second-order valence-corrected chi connectivity index (χ2v) is 10.7. The lowest BCUT2D eigenvalue weighted by Crippen LogP contribution is -2.42. The number of rotatable bonds is 4. The molecule has 1 amide bonds. The molecular formula is C23H22FN3O3S2. The number of para-hydroxylation sites is 1. The summed E-state index contributed by atoms with van der Waals surface area (Å²) in [5.74, 6) is 1.05. The number of benzene rings is 2. The van der Waals surface area contributed by atoms with E-state index < -0.39 is 27.7 Å². The summed E-state index contributed by atoms with van der Waals surface area (Å²) >= 11 is 1.18. The van der Waals surface area contributed by atoms with Crippen LogP contribution in [-0.2, 0) is 21.4 Å². The average molecular weight is 472 g/mol. The highest BCUT2D eigenvalue weighted by Crippen LogP contribution is 2.25. The third kappa shape index (κ3) is 4.26. The Balaban J connectivity index is 1.64. The fraction of sp³-hybridized carbons (Fsp3) is 0.304. The largest absolute Gasteiger partial charge is 0.302 e. The van der Waals surface area contributed by atoms with Crippen LogP contribution in [-0.4, -0.2) is 36.3 Å². The van der Waals surface area contributed by atoms with Crippen molar-refractivity contribution in [3.8, 4) is 12.3 Å².